The maximum absolute atomic E-state index is 5.92. The first-order chi connectivity index (χ1) is 6.84. The lowest BCUT2D eigenvalue weighted by Crippen LogP contribution is -2.30. The van der Waals surface area contributed by atoms with Gasteiger partial charge >= 0.3 is 0 Å². The van der Waals surface area contributed by atoms with Crippen molar-refractivity contribution in [2.45, 2.75) is 51.0 Å². The van der Waals surface area contributed by atoms with E-state index in [-0.39, 0.29) is 0 Å². The van der Waals surface area contributed by atoms with Crippen LogP contribution in [0.15, 0.2) is 0 Å². The summed E-state index contributed by atoms with van der Waals surface area (Å²) in [5, 5.41) is 0. The van der Waals surface area contributed by atoms with Crippen LogP contribution in [0.3, 0.4) is 0 Å². The van der Waals surface area contributed by atoms with E-state index in [1.54, 1.807) is 0 Å². The van der Waals surface area contributed by atoms with Crippen molar-refractivity contribution in [1.82, 2.24) is 4.90 Å². The van der Waals surface area contributed by atoms with Gasteiger partial charge in [-0.2, -0.15) is 0 Å². The Balaban J connectivity index is 1.72. The maximum atomic E-state index is 5.92. The van der Waals surface area contributed by atoms with Crippen LogP contribution >= 0.6 is 0 Å². The Labute approximate surface area is 87.8 Å². The molecule has 0 bridgehead atoms. The first kappa shape index (κ1) is 10.4. The van der Waals surface area contributed by atoms with E-state index in [2.05, 4.69) is 4.90 Å². The van der Waals surface area contributed by atoms with Gasteiger partial charge in [0.25, 0.3) is 0 Å². The highest BCUT2D eigenvalue weighted by molar-refractivity contribution is 4.80. The molecule has 1 aliphatic carbocycles. The Morgan fingerprint density at radius 2 is 1.71 bits per heavy atom. The minimum atomic E-state index is 0.459. The van der Waals surface area contributed by atoms with Gasteiger partial charge in [-0.15, -0.1) is 0 Å². The predicted octanol–water partition coefficient (Wildman–Crippen LogP) is 1.99. The summed E-state index contributed by atoms with van der Waals surface area (Å²) in [7, 11) is 0. The number of hydrogen-bond acceptors (Lipinski definition) is 2. The van der Waals surface area contributed by atoms with Gasteiger partial charge < -0.3 is 10.6 Å². The van der Waals surface area contributed by atoms with Crippen LogP contribution in [0.5, 0.6) is 0 Å². The number of rotatable bonds is 2. The van der Waals surface area contributed by atoms with Crippen LogP contribution in [-0.2, 0) is 0 Å². The van der Waals surface area contributed by atoms with Crippen molar-refractivity contribution in [2.75, 3.05) is 19.6 Å². The summed E-state index contributed by atoms with van der Waals surface area (Å²) in [5.41, 5.74) is 5.92. The fourth-order valence-electron chi connectivity index (χ4n) is 2.94. The van der Waals surface area contributed by atoms with Crippen molar-refractivity contribution >= 4 is 0 Å². The summed E-state index contributed by atoms with van der Waals surface area (Å²) < 4.78 is 0. The fraction of sp³-hybridized carbons (Fsp3) is 1.00. The molecule has 0 aromatic heterocycles. The topological polar surface area (TPSA) is 29.3 Å². The number of nitrogens with two attached hydrogens (primary N) is 1. The number of hydrogen-bond donors (Lipinski definition) is 1. The van der Waals surface area contributed by atoms with Gasteiger partial charge in [0.15, 0.2) is 0 Å². The van der Waals surface area contributed by atoms with Gasteiger partial charge in [0.05, 0.1) is 0 Å². The monoisotopic (exact) mass is 196 g/mol. The summed E-state index contributed by atoms with van der Waals surface area (Å²) in [6, 6.07) is 0.459. The zero-order valence-corrected chi connectivity index (χ0v) is 9.25. The van der Waals surface area contributed by atoms with E-state index in [4.69, 9.17) is 5.73 Å². The smallest absolute Gasteiger partial charge is 0.0180 e. The highest BCUT2D eigenvalue weighted by Gasteiger charge is 2.22. The lowest BCUT2D eigenvalue weighted by Gasteiger charge is -2.22. The van der Waals surface area contributed by atoms with Crippen LogP contribution < -0.4 is 5.73 Å². The summed E-state index contributed by atoms with van der Waals surface area (Å²) in [6.07, 6.45) is 10.0. The van der Waals surface area contributed by atoms with Crippen LogP contribution in [0.4, 0.5) is 0 Å². The summed E-state index contributed by atoms with van der Waals surface area (Å²) in [5.74, 6) is 0.975. The number of likely N-dealkylation sites (tertiary alicyclic amines) is 1. The Kier molecular flexibility index (Phi) is 3.82. The summed E-state index contributed by atoms with van der Waals surface area (Å²) >= 11 is 0. The van der Waals surface area contributed by atoms with E-state index in [0.717, 1.165) is 12.5 Å². The molecule has 2 heteroatoms. The highest BCUT2D eigenvalue weighted by Crippen LogP contribution is 2.24. The first-order valence-electron chi connectivity index (χ1n) is 6.32. The van der Waals surface area contributed by atoms with Gasteiger partial charge in [0, 0.05) is 19.1 Å². The third kappa shape index (κ3) is 2.96. The van der Waals surface area contributed by atoms with E-state index in [9.17, 15) is 0 Å². The van der Waals surface area contributed by atoms with Gasteiger partial charge in [0.1, 0.15) is 0 Å². The third-order valence-corrected chi connectivity index (χ3v) is 3.80. The second kappa shape index (κ2) is 5.13. The van der Waals surface area contributed by atoms with E-state index in [0.29, 0.717) is 6.04 Å². The lowest BCUT2D eigenvalue weighted by atomic mass is 10.00. The molecule has 2 rings (SSSR count). The molecule has 0 aromatic rings. The van der Waals surface area contributed by atoms with Crippen LogP contribution in [0.1, 0.15) is 44.9 Å². The molecule has 1 heterocycles. The largest absolute Gasteiger partial charge is 0.326 e. The molecule has 0 aromatic carbocycles. The third-order valence-electron chi connectivity index (χ3n) is 3.80. The molecular formula is C12H24N2. The van der Waals surface area contributed by atoms with Crippen LogP contribution in [0.25, 0.3) is 0 Å². The lowest BCUT2D eigenvalue weighted by molar-refractivity contribution is 0.259. The average Bonchev–Trinajstić information content (AvgIpc) is 2.43. The SMILES string of the molecule is N[C@@H]1CCN(CC2CCCCCC2)C1. The van der Waals surface area contributed by atoms with E-state index in [1.807, 2.05) is 0 Å². The molecule has 1 saturated carbocycles. The highest BCUT2D eigenvalue weighted by atomic mass is 15.2. The van der Waals surface area contributed by atoms with Crippen molar-refractivity contribution in [3.8, 4) is 0 Å². The van der Waals surface area contributed by atoms with Gasteiger partial charge in [-0.1, -0.05) is 25.7 Å². The van der Waals surface area contributed by atoms with E-state index >= 15 is 0 Å². The molecular weight excluding hydrogens is 172 g/mol. The maximum Gasteiger partial charge on any atom is 0.0180 e. The summed E-state index contributed by atoms with van der Waals surface area (Å²) in [6.45, 7) is 3.72. The van der Waals surface area contributed by atoms with Crippen LogP contribution in [0, 0.1) is 5.92 Å². The van der Waals surface area contributed by atoms with Gasteiger partial charge in [0.2, 0.25) is 0 Å². The average molecular weight is 196 g/mol. The molecule has 2 fully saturated rings. The molecule has 1 saturated heterocycles. The van der Waals surface area contributed by atoms with Crippen molar-refractivity contribution in [2.24, 2.45) is 11.7 Å². The van der Waals surface area contributed by atoms with Crippen molar-refractivity contribution in [1.29, 1.82) is 0 Å². The Morgan fingerprint density at radius 3 is 2.29 bits per heavy atom. The molecule has 0 spiro atoms. The molecule has 82 valence electrons. The zero-order chi connectivity index (χ0) is 9.80. The standard InChI is InChI=1S/C12H24N2/c13-12-7-8-14(10-12)9-11-5-3-1-2-4-6-11/h11-12H,1-10,13H2/t12-/m1/s1. The van der Waals surface area contributed by atoms with Gasteiger partial charge in [-0.3, -0.25) is 0 Å². The number of nitrogens with zero attached hydrogens (tertiary/aromatic N) is 1. The molecule has 2 N–H and O–H groups in total. The second-order valence-corrected chi connectivity index (χ2v) is 5.17. The first-order valence-corrected chi connectivity index (χ1v) is 6.32. The van der Waals surface area contributed by atoms with Crippen molar-refractivity contribution in [3.63, 3.8) is 0 Å². The summed E-state index contributed by atoms with van der Waals surface area (Å²) in [4.78, 5) is 2.58. The fourth-order valence-corrected chi connectivity index (χ4v) is 2.94. The van der Waals surface area contributed by atoms with Crippen molar-refractivity contribution < 1.29 is 0 Å². The van der Waals surface area contributed by atoms with Crippen LogP contribution in [-0.4, -0.2) is 30.6 Å². The molecule has 1 aliphatic heterocycles. The quantitative estimate of drug-likeness (QED) is 0.684. The molecule has 0 unspecified atom stereocenters. The van der Waals surface area contributed by atoms with E-state index < -0.39 is 0 Å². The van der Waals surface area contributed by atoms with Gasteiger partial charge in [-0.25, -0.2) is 0 Å². The second-order valence-electron chi connectivity index (χ2n) is 5.17. The molecule has 2 nitrogen and oxygen atoms in total. The molecule has 2 aliphatic rings. The van der Waals surface area contributed by atoms with Crippen LogP contribution in [0.2, 0.25) is 0 Å². The molecule has 0 amide bonds. The normalized spacial score (nSPS) is 31.9. The molecule has 1 atom stereocenters. The Hall–Kier alpha value is -0.0800. The molecule has 0 radical (unpaired) electrons. The Bertz CT molecular complexity index is 162. The van der Waals surface area contributed by atoms with Crippen molar-refractivity contribution in [3.05, 3.63) is 0 Å². The molecule has 14 heavy (non-hydrogen) atoms. The van der Waals surface area contributed by atoms with E-state index in [1.165, 1.54) is 58.0 Å². The minimum Gasteiger partial charge on any atom is -0.326 e. The minimum absolute atomic E-state index is 0.459. The predicted molar refractivity (Wildman–Crippen MR) is 60.2 cm³/mol. The Morgan fingerprint density at radius 1 is 1.00 bits per heavy atom. The van der Waals surface area contributed by atoms with Gasteiger partial charge in [-0.05, 0) is 31.7 Å². The zero-order valence-electron chi connectivity index (χ0n) is 9.25.